The summed E-state index contributed by atoms with van der Waals surface area (Å²) in [4.78, 5) is 22.9. The van der Waals surface area contributed by atoms with Gasteiger partial charge in [0.05, 0.1) is 18.4 Å². The summed E-state index contributed by atoms with van der Waals surface area (Å²) in [6.07, 6.45) is 0.465. The molecule has 104 valence electrons. The third-order valence-electron chi connectivity index (χ3n) is 3.16. The maximum Gasteiger partial charge on any atom is 0.309 e. The van der Waals surface area contributed by atoms with Gasteiger partial charge in [-0.2, -0.15) is 0 Å². The molecule has 0 aromatic rings. The highest BCUT2D eigenvalue weighted by Crippen LogP contribution is 2.41. The summed E-state index contributed by atoms with van der Waals surface area (Å²) in [5, 5.41) is -0.883. The molecule has 2 atom stereocenters. The summed E-state index contributed by atoms with van der Waals surface area (Å²) in [5.41, 5.74) is 0. The molecule has 1 aliphatic carbocycles. The van der Waals surface area contributed by atoms with E-state index in [9.17, 15) is 18.4 Å². The fraction of sp³-hybridized carbons (Fsp3) is 0.833. The van der Waals surface area contributed by atoms with Crippen molar-refractivity contribution in [2.75, 3.05) is 6.61 Å². The van der Waals surface area contributed by atoms with E-state index >= 15 is 0 Å². The molecule has 3 nitrogen and oxygen atoms in total. The first kappa shape index (κ1) is 15.3. The van der Waals surface area contributed by atoms with E-state index in [2.05, 4.69) is 0 Å². The fourth-order valence-electron chi connectivity index (χ4n) is 2.08. The number of carbonyl (C=O) groups excluding carboxylic acids is 2. The van der Waals surface area contributed by atoms with Crippen LogP contribution in [0, 0.1) is 11.8 Å². The molecule has 2 unspecified atom stereocenters. The molecule has 1 fully saturated rings. The van der Waals surface area contributed by atoms with Gasteiger partial charge < -0.3 is 4.74 Å². The second-order valence-corrected chi connectivity index (χ2v) is 5.01. The van der Waals surface area contributed by atoms with Crippen molar-refractivity contribution >= 4 is 22.8 Å². The number of hydrogen-bond acceptors (Lipinski definition) is 3. The van der Waals surface area contributed by atoms with Gasteiger partial charge >= 0.3 is 5.97 Å². The number of alkyl halides is 2. The van der Waals surface area contributed by atoms with Gasteiger partial charge in [0.25, 0.3) is 0 Å². The molecule has 1 aliphatic rings. The molecule has 0 aromatic carbocycles. The van der Waals surface area contributed by atoms with Crippen molar-refractivity contribution < 1.29 is 23.1 Å². The third-order valence-corrected chi connectivity index (χ3v) is 3.44. The minimum atomic E-state index is -2.92. The summed E-state index contributed by atoms with van der Waals surface area (Å²) in [7, 11) is 0. The minimum Gasteiger partial charge on any atom is -0.465 e. The van der Waals surface area contributed by atoms with Gasteiger partial charge in [-0.05, 0) is 24.4 Å². The predicted molar refractivity (Wildman–Crippen MR) is 62.5 cm³/mol. The minimum absolute atomic E-state index is 0.0545. The first-order valence-electron chi connectivity index (χ1n) is 6.11. The molecule has 0 heterocycles. The Balaban J connectivity index is 2.62. The van der Waals surface area contributed by atoms with Gasteiger partial charge in [-0.15, -0.1) is 0 Å². The van der Waals surface area contributed by atoms with E-state index in [-0.39, 0.29) is 13.0 Å². The van der Waals surface area contributed by atoms with Crippen LogP contribution in [0.25, 0.3) is 0 Å². The summed E-state index contributed by atoms with van der Waals surface area (Å²) >= 11 is 5.30. The van der Waals surface area contributed by atoms with Crippen molar-refractivity contribution in [3.05, 3.63) is 0 Å². The maximum absolute atomic E-state index is 13.2. The second-order valence-electron chi connectivity index (χ2n) is 4.64. The van der Waals surface area contributed by atoms with Crippen LogP contribution in [0.5, 0.6) is 0 Å². The highest BCUT2D eigenvalue weighted by molar-refractivity contribution is 6.64. The van der Waals surface area contributed by atoms with Crippen molar-refractivity contribution in [3.8, 4) is 0 Å². The van der Waals surface area contributed by atoms with Crippen molar-refractivity contribution in [1.29, 1.82) is 0 Å². The van der Waals surface area contributed by atoms with Crippen LogP contribution >= 0.6 is 11.6 Å². The zero-order chi connectivity index (χ0) is 13.8. The van der Waals surface area contributed by atoms with Crippen LogP contribution < -0.4 is 0 Å². The lowest BCUT2D eigenvalue weighted by atomic mass is 9.78. The largest absolute Gasteiger partial charge is 0.465 e. The summed E-state index contributed by atoms with van der Waals surface area (Å²) in [5.74, 6) is -5.47. The fourth-order valence-corrected chi connectivity index (χ4v) is 2.31. The smallest absolute Gasteiger partial charge is 0.309 e. The van der Waals surface area contributed by atoms with E-state index in [4.69, 9.17) is 16.3 Å². The first-order valence-corrected chi connectivity index (χ1v) is 6.49. The molecule has 0 saturated heterocycles. The van der Waals surface area contributed by atoms with E-state index in [1.54, 1.807) is 0 Å². The van der Waals surface area contributed by atoms with Gasteiger partial charge in [-0.25, -0.2) is 8.78 Å². The SMILES string of the molecule is CCCCOC(=O)C1CCC(F)(F)CC1C(=O)Cl. The molecule has 0 N–H and O–H groups in total. The summed E-state index contributed by atoms with van der Waals surface area (Å²) in [6, 6.07) is 0. The van der Waals surface area contributed by atoms with Crippen molar-refractivity contribution in [2.45, 2.75) is 45.0 Å². The van der Waals surface area contributed by atoms with Gasteiger partial charge in [0, 0.05) is 12.8 Å². The Morgan fingerprint density at radius 2 is 2.06 bits per heavy atom. The molecular formula is C12H17ClF2O3. The van der Waals surface area contributed by atoms with Crippen molar-refractivity contribution in [2.24, 2.45) is 11.8 Å². The normalized spacial score (nSPS) is 26.7. The first-order chi connectivity index (χ1) is 8.37. The third kappa shape index (κ3) is 4.19. The van der Waals surface area contributed by atoms with Crippen LogP contribution in [0.3, 0.4) is 0 Å². The number of carbonyl (C=O) groups is 2. The van der Waals surface area contributed by atoms with Gasteiger partial charge in [-0.3, -0.25) is 9.59 Å². The Morgan fingerprint density at radius 1 is 1.39 bits per heavy atom. The average molecular weight is 283 g/mol. The molecule has 0 spiro atoms. The average Bonchev–Trinajstić information content (AvgIpc) is 2.27. The molecule has 1 saturated carbocycles. The number of esters is 1. The van der Waals surface area contributed by atoms with Gasteiger partial charge in [-0.1, -0.05) is 13.3 Å². The standard InChI is InChI=1S/C12H17ClF2O3/c1-2-3-6-18-11(17)8-4-5-12(14,15)7-9(8)10(13)16/h8-9H,2-7H2,1H3. The second kappa shape index (κ2) is 6.45. The Hall–Kier alpha value is -0.710. The molecule has 0 amide bonds. The molecule has 0 aliphatic heterocycles. The molecule has 1 rings (SSSR count). The van der Waals surface area contributed by atoms with E-state index in [1.807, 2.05) is 6.92 Å². The van der Waals surface area contributed by atoms with Gasteiger partial charge in [0.1, 0.15) is 0 Å². The predicted octanol–water partition coefficient (Wildman–Crippen LogP) is 3.15. The van der Waals surface area contributed by atoms with Gasteiger partial charge in [0.2, 0.25) is 11.2 Å². The molecule has 6 heteroatoms. The van der Waals surface area contributed by atoms with Crippen LogP contribution in [-0.2, 0) is 14.3 Å². The lowest BCUT2D eigenvalue weighted by Gasteiger charge is -2.32. The Morgan fingerprint density at radius 3 is 2.61 bits per heavy atom. The Bertz CT molecular complexity index is 320. The number of ether oxygens (including phenoxy) is 1. The maximum atomic E-state index is 13.2. The van der Waals surface area contributed by atoms with Crippen LogP contribution in [0.15, 0.2) is 0 Å². The van der Waals surface area contributed by atoms with E-state index in [0.29, 0.717) is 6.42 Å². The van der Waals surface area contributed by atoms with Gasteiger partial charge in [0.15, 0.2) is 0 Å². The number of unbranched alkanes of at least 4 members (excludes halogenated alkanes) is 1. The number of rotatable bonds is 5. The highest BCUT2D eigenvalue weighted by atomic mass is 35.5. The molecule has 18 heavy (non-hydrogen) atoms. The Labute approximate surface area is 110 Å². The molecule has 0 aromatic heterocycles. The van der Waals surface area contributed by atoms with Crippen LogP contribution in [0.2, 0.25) is 0 Å². The van der Waals surface area contributed by atoms with Crippen LogP contribution in [0.4, 0.5) is 8.78 Å². The zero-order valence-electron chi connectivity index (χ0n) is 10.3. The lowest BCUT2D eigenvalue weighted by Crippen LogP contribution is -2.39. The monoisotopic (exact) mass is 282 g/mol. The topological polar surface area (TPSA) is 43.4 Å². The zero-order valence-corrected chi connectivity index (χ0v) is 11.0. The molecule has 0 radical (unpaired) electrons. The van der Waals surface area contributed by atoms with E-state index in [0.717, 1.165) is 6.42 Å². The van der Waals surface area contributed by atoms with Crippen molar-refractivity contribution in [1.82, 2.24) is 0 Å². The molecule has 0 bridgehead atoms. The number of halogens is 3. The molecular weight excluding hydrogens is 266 g/mol. The van der Waals surface area contributed by atoms with E-state index in [1.165, 1.54) is 0 Å². The van der Waals surface area contributed by atoms with Crippen LogP contribution in [0.1, 0.15) is 39.0 Å². The highest BCUT2D eigenvalue weighted by Gasteiger charge is 2.47. The Kier molecular flexibility index (Phi) is 5.50. The lowest BCUT2D eigenvalue weighted by molar-refractivity contribution is -0.159. The van der Waals surface area contributed by atoms with E-state index < -0.39 is 41.8 Å². The summed E-state index contributed by atoms with van der Waals surface area (Å²) in [6.45, 7) is 2.20. The quantitative estimate of drug-likeness (QED) is 0.442. The van der Waals surface area contributed by atoms with Crippen LogP contribution in [-0.4, -0.2) is 23.7 Å². The number of hydrogen-bond donors (Lipinski definition) is 0. The van der Waals surface area contributed by atoms with Crippen molar-refractivity contribution in [3.63, 3.8) is 0 Å². The summed E-state index contributed by atoms with van der Waals surface area (Å²) < 4.78 is 31.4.